The number of para-hydroxylation sites is 1. The Balaban J connectivity index is 1.30. The summed E-state index contributed by atoms with van der Waals surface area (Å²) in [4.78, 5) is 29.3. The summed E-state index contributed by atoms with van der Waals surface area (Å²) in [6.45, 7) is 0.436. The summed E-state index contributed by atoms with van der Waals surface area (Å²) >= 11 is 7.06. The zero-order valence-electron chi connectivity index (χ0n) is 22.9. The predicted octanol–water partition coefficient (Wildman–Crippen LogP) is 7.26. The number of fused-ring (bicyclic) bond motifs is 1. The van der Waals surface area contributed by atoms with E-state index in [0.717, 1.165) is 36.5 Å². The zero-order valence-corrected chi connectivity index (χ0v) is 26.1. The average Bonchev–Trinajstić information content (AvgIpc) is 3.43. The SMILES string of the molecule is O=C(N[C@@H](Cc1c[nH]c2ccccc12)C(=O)N/N=C\c1cc(Br)cc(Br)c1OCc1ccccc1)OCc1ccccc1. The van der Waals surface area contributed by atoms with Gasteiger partial charge in [-0.05, 0) is 50.8 Å². The maximum absolute atomic E-state index is 13.4. The van der Waals surface area contributed by atoms with Crippen molar-refractivity contribution in [2.75, 3.05) is 0 Å². The number of hydrazone groups is 1. The maximum atomic E-state index is 13.4. The molecule has 5 rings (SSSR count). The Morgan fingerprint density at radius 3 is 2.30 bits per heavy atom. The first-order chi connectivity index (χ1) is 21.0. The summed E-state index contributed by atoms with van der Waals surface area (Å²) in [7, 11) is 0. The van der Waals surface area contributed by atoms with Gasteiger partial charge in [0.1, 0.15) is 25.0 Å². The van der Waals surface area contributed by atoms with Crippen molar-refractivity contribution >= 4 is 61.0 Å². The molecular weight excluding hydrogens is 676 g/mol. The Hall–Kier alpha value is -4.41. The topological polar surface area (TPSA) is 105 Å². The second-order valence-corrected chi connectivity index (χ2v) is 11.4. The molecule has 10 heteroatoms. The van der Waals surface area contributed by atoms with Gasteiger partial charge in [0.2, 0.25) is 0 Å². The van der Waals surface area contributed by atoms with Gasteiger partial charge < -0.3 is 19.8 Å². The lowest BCUT2D eigenvalue weighted by atomic mass is 10.0. The monoisotopic (exact) mass is 702 g/mol. The molecule has 8 nitrogen and oxygen atoms in total. The van der Waals surface area contributed by atoms with Crippen LogP contribution in [0.2, 0.25) is 0 Å². The molecule has 218 valence electrons. The lowest BCUT2D eigenvalue weighted by Crippen LogP contribution is -2.47. The summed E-state index contributed by atoms with van der Waals surface area (Å²) in [5.74, 6) is 0.0713. The summed E-state index contributed by atoms with van der Waals surface area (Å²) in [6, 6.07) is 29.7. The number of ether oxygens (including phenoxy) is 2. The van der Waals surface area contributed by atoms with Gasteiger partial charge in [-0.2, -0.15) is 5.10 Å². The summed E-state index contributed by atoms with van der Waals surface area (Å²) in [6.07, 6.45) is 2.85. The van der Waals surface area contributed by atoms with Gasteiger partial charge in [-0.1, -0.05) is 94.8 Å². The van der Waals surface area contributed by atoms with Crippen molar-refractivity contribution in [3.05, 3.63) is 134 Å². The minimum absolute atomic E-state index is 0.0791. The Labute approximate surface area is 265 Å². The molecule has 1 aromatic heterocycles. The number of carbonyl (C=O) groups is 2. The molecular formula is C33H28Br2N4O4. The number of halogens is 2. The molecule has 0 aliphatic carbocycles. The van der Waals surface area contributed by atoms with Crippen molar-refractivity contribution in [2.24, 2.45) is 5.10 Å². The van der Waals surface area contributed by atoms with Crippen LogP contribution in [0.5, 0.6) is 5.75 Å². The van der Waals surface area contributed by atoms with Gasteiger partial charge >= 0.3 is 6.09 Å². The number of benzene rings is 4. The number of alkyl carbamates (subject to hydrolysis) is 1. The van der Waals surface area contributed by atoms with Crippen LogP contribution in [-0.2, 0) is 29.2 Å². The molecule has 43 heavy (non-hydrogen) atoms. The highest BCUT2D eigenvalue weighted by Gasteiger charge is 2.23. The van der Waals surface area contributed by atoms with E-state index in [4.69, 9.17) is 9.47 Å². The van der Waals surface area contributed by atoms with Gasteiger partial charge in [0.15, 0.2) is 0 Å². The minimum Gasteiger partial charge on any atom is -0.487 e. The molecule has 0 aliphatic heterocycles. The van der Waals surface area contributed by atoms with E-state index in [-0.39, 0.29) is 13.0 Å². The van der Waals surface area contributed by atoms with Crippen molar-refractivity contribution in [3.8, 4) is 5.75 Å². The van der Waals surface area contributed by atoms with Crippen molar-refractivity contribution in [2.45, 2.75) is 25.7 Å². The van der Waals surface area contributed by atoms with Gasteiger partial charge in [0.05, 0.1) is 10.7 Å². The first-order valence-electron chi connectivity index (χ1n) is 13.5. The molecule has 5 aromatic rings. The van der Waals surface area contributed by atoms with E-state index < -0.39 is 18.0 Å². The standard InChI is InChI=1S/C33H28Br2N4O4/c34-26-15-25(31(28(35)17-26)42-20-22-9-3-1-4-10-22)19-37-39-32(40)30(16-24-18-36-29-14-8-7-13-27(24)29)38-33(41)43-21-23-11-5-2-6-12-23/h1-15,17-19,30,36H,16,20-21H2,(H,38,41)(H,39,40)/b37-19-/t30-/m0/s1. The predicted molar refractivity (Wildman–Crippen MR) is 174 cm³/mol. The number of nitrogens with one attached hydrogen (secondary N) is 3. The molecule has 4 aromatic carbocycles. The normalized spacial score (nSPS) is 11.8. The van der Waals surface area contributed by atoms with Crippen LogP contribution < -0.4 is 15.5 Å². The van der Waals surface area contributed by atoms with E-state index in [0.29, 0.717) is 17.9 Å². The molecule has 0 aliphatic rings. The average molecular weight is 704 g/mol. The quantitative estimate of drug-likeness (QED) is 0.0995. The lowest BCUT2D eigenvalue weighted by Gasteiger charge is -2.17. The third-order valence-electron chi connectivity index (χ3n) is 6.56. The number of aromatic nitrogens is 1. The van der Waals surface area contributed by atoms with Gasteiger partial charge in [-0.15, -0.1) is 0 Å². The molecule has 1 atom stereocenters. The van der Waals surface area contributed by atoms with Crippen LogP contribution in [0.25, 0.3) is 10.9 Å². The highest BCUT2D eigenvalue weighted by molar-refractivity contribution is 9.11. The molecule has 1 heterocycles. The van der Waals surface area contributed by atoms with E-state index in [1.807, 2.05) is 103 Å². The van der Waals surface area contributed by atoms with Crippen molar-refractivity contribution < 1.29 is 19.1 Å². The second kappa shape index (κ2) is 14.7. The van der Waals surface area contributed by atoms with Gasteiger partial charge in [-0.3, -0.25) is 4.79 Å². The number of rotatable bonds is 11. The molecule has 0 radical (unpaired) electrons. The lowest BCUT2D eigenvalue weighted by molar-refractivity contribution is -0.123. The molecule has 2 amide bonds. The largest absolute Gasteiger partial charge is 0.487 e. The van der Waals surface area contributed by atoms with E-state index in [1.165, 1.54) is 6.21 Å². The number of carbonyl (C=O) groups excluding carboxylic acids is 2. The van der Waals surface area contributed by atoms with Crippen LogP contribution in [0.1, 0.15) is 22.3 Å². The van der Waals surface area contributed by atoms with E-state index in [1.54, 1.807) is 0 Å². The highest BCUT2D eigenvalue weighted by Crippen LogP contribution is 2.32. The number of hydrogen-bond acceptors (Lipinski definition) is 5. The first kappa shape index (κ1) is 30.1. The first-order valence-corrected chi connectivity index (χ1v) is 15.1. The summed E-state index contributed by atoms with van der Waals surface area (Å²) < 4.78 is 13.0. The van der Waals surface area contributed by atoms with E-state index >= 15 is 0 Å². The number of amides is 2. The van der Waals surface area contributed by atoms with Crippen LogP contribution in [0.3, 0.4) is 0 Å². The Kier molecular flexibility index (Phi) is 10.2. The summed E-state index contributed by atoms with van der Waals surface area (Å²) in [5, 5.41) is 7.87. The van der Waals surface area contributed by atoms with Gasteiger partial charge in [0.25, 0.3) is 5.91 Å². The summed E-state index contributed by atoms with van der Waals surface area (Å²) in [5.41, 5.74) is 6.87. The fraction of sp³-hybridized carbons (Fsp3) is 0.121. The number of hydrogen-bond donors (Lipinski definition) is 3. The zero-order chi connectivity index (χ0) is 30.0. The van der Waals surface area contributed by atoms with Crippen LogP contribution in [0, 0.1) is 0 Å². The Morgan fingerprint density at radius 2 is 1.56 bits per heavy atom. The second-order valence-electron chi connectivity index (χ2n) is 9.64. The van der Waals surface area contributed by atoms with Gasteiger partial charge in [-0.25, -0.2) is 10.2 Å². The van der Waals surface area contributed by atoms with E-state index in [9.17, 15) is 9.59 Å². The molecule has 0 saturated carbocycles. The molecule has 0 bridgehead atoms. The van der Waals surface area contributed by atoms with Crippen molar-refractivity contribution in [1.29, 1.82) is 0 Å². The van der Waals surface area contributed by atoms with E-state index in [2.05, 4.69) is 52.7 Å². The fourth-order valence-electron chi connectivity index (χ4n) is 4.44. The van der Waals surface area contributed by atoms with Crippen molar-refractivity contribution in [3.63, 3.8) is 0 Å². The fourth-order valence-corrected chi connectivity index (χ4v) is 5.81. The Morgan fingerprint density at radius 1 is 0.884 bits per heavy atom. The number of H-pyrrole nitrogens is 1. The molecule has 3 N–H and O–H groups in total. The highest BCUT2D eigenvalue weighted by atomic mass is 79.9. The van der Waals surface area contributed by atoms with Crippen LogP contribution in [0.4, 0.5) is 4.79 Å². The minimum atomic E-state index is -0.956. The number of aromatic amines is 1. The molecule has 0 spiro atoms. The third kappa shape index (κ3) is 8.33. The van der Waals surface area contributed by atoms with Crippen molar-refractivity contribution in [1.82, 2.24) is 15.7 Å². The van der Waals surface area contributed by atoms with Crippen LogP contribution in [0.15, 0.2) is 117 Å². The van der Waals surface area contributed by atoms with Gasteiger partial charge in [0, 0.05) is 33.6 Å². The Bertz CT molecular complexity index is 1730. The smallest absolute Gasteiger partial charge is 0.408 e. The molecule has 0 saturated heterocycles. The molecule has 0 unspecified atom stereocenters. The maximum Gasteiger partial charge on any atom is 0.408 e. The third-order valence-corrected chi connectivity index (χ3v) is 7.61. The van der Waals surface area contributed by atoms with Crippen LogP contribution in [-0.4, -0.2) is 29.2 Å². The number of nitrogens with zero attached hydrogens (tertiary/aromatic N) is 1. The molecule has 0 fully saturated rings. The van der Waals surface area contributed by atoms with Crippen LogP contribution >= 0.6 is 31.9 Å².